The summed E-state index contributed by atoms with van der Waals surface area (Å²) in [5.74, 6) is 0.870. The fourth-order valence-electron chi connectivity index (χ4n) is 3.68. The summed E-state index contributed by atoms with van der Waals surface area (Å²) < 4.78 is 10.9. The van der Waals surface area contributed by atoms with Crippen LogP contribution < -0.4 is 16.0 Å². The number of hydrogen-bond acceptors (Lipinski definition) is 6. The third-order valence-electron chi connectivity index (χ3n) is 5.44. The van der Waals surface area contributed by atoms with E-state index in [2.05, 4.69) is 27.0 Å². The van der Waals surface area contributed by atoms with Crippen LogP contribution in [-0.4, -0.2) is 56.5 Å². The molecule has 0 spiro atoms. The van der Waals surface area contributed by atoms with Crippen molar-refractivity contribution >= 4 is 29.0 Å². The van der Waals surface area contributed by atoms with Crippen LogP contribution in [0.4, 0.5) is 11.5 Å². The lowest BCUT2D eigenvalue weighted by Crippen LogP contribution is -2.45. The number of nitrogens with zero attached hydrogens (tertiary/aromatic N) is 1. The Morgan fingerprint density at radius 2 is 2.10 bits per heavy atom. The second-order valence-electron chi connectivity index (χ2n) is 7.62. The largest absolute Gasteiger partial charge is 0.385 e. The molecular formula is C22H27ClN4O3. The van der Waals surface area contributed by atoms with Crippen LogP contribution >= 0.6 is 11.6 Å². The number of rotatable bonds is 6. The van der Waals surface area contributed by atoms with E-state index in [0.717, 1.165) is 56.0 Å². The molecule has 0 radical (unpaired) electrons. The van der Waals surface area contributed by atoms with E-state index in [-0.39, 0.29) is 5.91 Å². The molecule has 0 bridgehead atoms. The van der Waals surface area contributed by atoms with Crippen LogP contribution in [0.2, 0.25) is 5.02 Å². The molecule has 1 aromatic heterocycles. The minimum atomic E-state index is -0.516. The van der Waals surface area contributed by atoms with Crippen molar-refractivity contribution in [1.82, 2.24) is 10.3 Å². The highest BCUT2D eigenvalue weighted by Gasteiger charge is 2.22. The highest BCUT2D eigenvalue weighted by atomic mass is 35.5. The van der Waals surface area contributed by atoms with Gasteiger partial charge in [-0.25, -0.2) is 4.98 Å². The molecule has 1 aromatic carbocycles. The van der Waals surface area contributed by atoms with Crippen molar-refractivity contribution in [2.24, 2.45) is 5.92 Å². The molecular weight excluding hydrogens is 404 g/mol. The molecule has 0 unspecified atom stereocenters. The first-order valence-corrected chi connectivity index (χ1v) is 10.8. The van der Waals surface area contributed by atoms with Gasteiger partial charge >= 0.3 is 0 Å². The summed E-state index contributed by atoms with van der Waals surface area (Å²) in [6, 6.07) is 9.92. The molecule has 3 heterocycles. The number of carbonyl (C=O) groups is 1. The van der Waals surface area contributed by atoms with E-state index in [0.29, 0.717) is 29.9 Å². The van der Waals surface area contributed by atoms with Crippen molar-refractivity contribution in [3.63, 3.8) is 0 Å². The Bertz CT molecular complexity index is 867. The molecule has 0 saturated carbocycles. The Hall–Kier alpha value is -2.19. The van der Waals surface area contributed by atoms with Crippen LogP contribution in [-0.2, 0) is 14.3 Å². The zero-order valence-electron chi connectivity index (χ0n) is 16.8. The monoisotopic (exact) mass is 430 g/mol. The molecule has 2 aliphatic heterocycles. The highest BCUT2D eigenvalue weighted by molar-refractivity contribution is 6.33. The summed E-state index contributed by atoms with van der Waals surface area (Å²) in [6.45, 7) is 4.38. The number of morpholine rings is 1. The van der Waals surface area contributed by atoms with E-state index in [1.54, 1.807) is 12.3 Å². The average molecular weight is 431 g/mol. The molecule has 8 heteroatoms. The third-order valence-corrected chi connectivity index (χ3v) is 5.74. The van der Waals surface area contributed by atoms with Gasteiger partial charge in [0.2, 0.25) is 0 Å². The SMILES string of the molecule is O=C(Nc1cc(-c2cccc(NCC3CCOCC3)c2)c(Cl)cn1)[C@H]1CNCCO1. The van der Waals surface area contributed by atoms with Gasteiger partial charge in [0, 0.05) is 50.3 Å². The lowest BCUT2D eigenvalue weighted by atomic mass is 10.00. The summed E-state index contributed by atoms with van der Waals surface area (Å²) in [7, 11) is 0. The van der Waals surface area contributed by atoms with Crippen molar-refractivity contribution in [3.8, 4) is 11.1 Å². The first-order chi connectivity index (χ1) is 14.7. The number of carbonyl (C=O) groups excluding carboxylic acids is 1. The van der Waals surface area contributed by atoms with Gasteiger partial charge in [-0.05, 0) is 42.5 Å². The minimum absolute atomic E-state index is 0.213. The normalized spacial score (nSPS) is 20.0. The summed E-state index contributed by atoms with van der Waals surface area (Å²) in [5, 5.41) is 10.0. The Morgan fingerprint density at radius 3 is 2.90 bits per heavy atom. The molecule has 0 aliphatic carbocycles. The van der Waals surface area contributed by atoms with Crippen molar-refractivity contribution in [3.05, 3.63) is 41.6 Å². The molecule has 2 fully saturated rings. The molecule has 1 amide bonds. The van der Waals surface area contributed by atoms with Gasteiger partial charge in [-0.2, -0.15) is 0 Å². The maximum absolute atomic E-state index is 12.4. The molecule has 1 atom stereocenters. The van der Waals surface area contributed by atoms with Crippen LogP contribution in [0.5, 0.6) is 0 Å². The van der Waals surface area contributed by atoms with Crippen LogP contribution in [0.1, 0.15) is 12.8 Å². The van der Waals surface area contributed by atoms with Crippen LogP contribution in [0.15, 0.2) is 36.5 Å². The first kappa shape index (κ1) is 21.1. The number of nitrogens with one attached hydrogen (secondary N) is 3. The van der Waals surface area contributed by atoms with Gasteiger partial charge in [0.1, 0.15) is 11.9 Å². The zero-order chi connectivity index (χ0) is 20.8. The van der Waals surface area contributed by atoms with E-state index in [1.807, 2.05) is 18.2 Å². The number of hydrogen-bond donors (Lipinski definition) is 3. The molecule has 4 rings (SSSR count). The topological polar surface area (TPSA) is 84.5 Å². The molecule has 2 saturated heterocycles. The Balaban J connectivity index is 1.45. The number of benzene rings is 1. The van der Waals surface area contributed by atoms with Crippen LogP contribution in [0.3, 0.4) is 0 Å². The number of aromatic nitrogens is 1. The lowest BCUT2D eigenvalue weighted by Gasteiger charge is -2.23. The molecule has 3 N–H and O–H groups in total. The maximum atomic E-state index is 12.4. The number of halogens is 1. The molecule has 7 nitrogen and oxygen atoms in total. The van der Waals surface area contributed by atoms with Crippen LogP contribution in [0, 0.1) is 5.92 Å². The van der Waals surface area contributed by atoms with E-state index in [9.17, 15) is 4.79 Å². The van der Waals surface area contributed by atoms with E-state index < -0.39 is 6.10 Å². The quantitative estimate of drug-likeness (QED) is 0.652. The predicted molar refractivity (Wildman–Crippen MR) is 118 cm³/mol. The lowest BCUT2D eigenvalue weighted by molar-refractivity contribution is -0.128. The van der Waals surface area contributed by atoms with Crippen molar-refractivity contribution in [2.45, 2.75) is 18.9 Å². The highest BCUT2D eigenvalue weighted by Crippen LogP contribution is 2.31. The van der Waals surface area contributed by atoms with Gasteiger partial charge in [0.25, 0.3) is 5.91 Å². The molecule has 2 aliphatic rings. The Morgan fingerprint density at radius 1 is 1.23 bits per heavy atom. The number of anilines is 2. The zero-order valence-corrected chi connectivity index (χ0v) is 17.6. The number of ether oxygens (including phenoxy) is 2. The van der Waals surface area contributed by atoms with Gasteiger partial charge in [-0.1, -0.05) is 23.7 Å². The fraction of sp³-hybridized carbons (Fsp3) is 0.455. The number of amides is 1. The first-order valence-electron chi connectivity index (χ1n) is 10.4. The van der Waals surface area contributed by atoms with Gasteiger partial charge in [-0.3, -0.25) is 4.79 Å². The van der Waals surface area contributed by atoms with Gasteiger partial charge < -0.3 is 25.4 Å². The molecule has 30 heavy (non-hydrogen) atoms. The minimum Gasteiger partial charge on any atom is -0.385 e. The van der Waals surface area contributed by atoms with Crippen molar-refractivity contribution < 1.29 is 14.3 Å². The van der Waals surface area contributed by atoms with E-state index >= 15 is 0 Å². The molecule has 2 aromatic rings. The molecule has 160 valence electrons. The Labute approximate surface area is 181 Å². The van der Waals surface area contributed by atoms with Gasteiger partial charge in [0.15, 0.2) is 0 Å². The van der Waals surface area contributed by atoms with Gasteiger partial charge in [-0.15, -0.1) is 0 Å². The summed E-state index contributed by atoms with van der Waals surface area (Å²) in [6.07, 6.45) is 3.23. The Kier molecular flexibility index (Phi) is 7.17. The standard InChI is InChI=1S/C22H27ClN4O3/c23-19-13-26-21(27-22(28)20-14-24-6-9-30-20)11-18(19)16-2-1-3-17(10-16)25-12-15-4-7-29-8-5-15/h1-3,10-11,13,15,20,24-25H,4-9,12,14H2,(H,26,27,28)/t20-/m1/s1. The van der Waals surface area contributed by atoms with E-state index in [4.69, 9.17) is 21.1 Å². The number of pyridine rings is 1. The fourth-order valence-corrected chi connectivity index (χ4v) is 3.89. The second-order valence-corrected chi connectivity index (χ2v) is 8.03. The van der Waals surface area contributed by atoms with Crippen molar-refractivity contribution in [2.75, 3.05) is 50.1 Å². The summed E-state index contributed by atoms with van der Waals surface area (Å²) >= 11 is 6.42. The summed E-state index contributed by atoms with van der Waals surface area (Å²) in [4.78, 5) is 16.7. The second kappa shape index (κ2) is 10.2. The van der Waals surface area contributed by atoms with Crippen LogP contribution in [0.25, 0.3) is 11.1 Å². The summed E-state index contributed by atoms with van der Waals surface area (Å²) in [5.41, 5.74) is 2.82. The third kappa shape index (κ3) is 5.49. The van der Waals surface area contributed by atoms with Gasteiger partial charge in [0.05, 0.1) is 11.6 Å². The van der Waals surface area contributed by atoms with Crippen molar-refractivity contribution in [1.29, 1.82) is 0 Å². The van der Waals surface area contributed by atoms with E-state index in [1.165, 1.54) is 0 Å². The maximum Gasteiger partial charge on any atom is 0.255 e. The predicted octanol–water partition coefficient (Wildman–Crippen LogP) is 3.17. The smallest absolute Gasteiger partial charge is 0.255 e. The average Bonchev–Trinajstić information content (AvgIpc) is 2.80.